The second-order valence-corrected chi connectivity index (χ2v) is 18.9. The van der Waals surface area contributed by atoms with Crippen LogP contribution in [-0.2, 0) is 19.8 Å². The molecule has 4 N–H and O–H groups in total. The number of nitrogens with zero attached hydrogens (tertiary/aromatic N) is 5. The lowest BCUT2D eigenvalue weighted by molar-refractivity contribution is -0.134. The number of alkyl halides is 1. The predicted octanol–water partition coefficient (Wildman–Crippen LogP) is 5.15. The molecule has 0 saturated carbocycles. The summed E-state index contributed by atoms with van der Waals surface area (Å²) < 4.78 is 88.2. The van der Waals surface area contributed by atoms with Crippen LogP contribution in [0.2, 0.25) is 0 Å². The molecular weight excluding hydrogens is 883 g/mol. The van der Waals surface area contributed by atoms with Gasteiger partial charge in [0.25, 0.3) is 5.91 Å². The highest BCUT2D eigenvalue weighted by molar-refractivity contribution is 7.90. The third-order valence-corrected chi connectivity index (χ3v) is 14.4. The number of piperidine rings is 2. The number of carbonyl (C=O) groups excluding carboxylic acids is 4. The molecule has 3 amide bonds. The highest BCUT2D eigenvalue weighted by atomic mass is 32.2. The maximum atomic E-state index is 15.8. The van der Waals surface area contributed by atoms with Crippen LogP contribution in [0.4, 0.5) is 34.6 Å². The van der Waals surface area contributed by atoms with Gasteiger partial charge in [0.15, 0.2) is 5.82 Å². The number of halogens is 4. The molecule has 346 valence electrons. The minimum atomic E-state index is -4.36. The number of ketones is 1. The molecule has 3 aromatic carbocycles. The summed E-state index contributed by atoms with van der Waals surface area (Å²) in [5.41, 5.74) is 1.72. The number of rotatable bonds is 12. The van der Waals surface area contributed by atoms with Crippen LogP contribution >= 0.6 is 0 Å². The number of anilines is 3. The van der Waals surface area contributed by atoms with Crippen molar-refractivity contribution >= 4 is 61.8 Å². The number of hydrogen-bond acceptors (Lipinski definition) is 10. The second kappa shape index (κ2) is 18.5. The first-order chi connectivity index (χ1) is 31.7. The summed E-state index contributed by atoms with van der Waals surface area (Å²) in [7, 11) is -4.36. The van der Waals surface area contributed by atoms with Crippen molar-refractivity contribution in [1.29, 1.82) is 0 Å². The first kappa shape index (κ1) is 44.8. The fraction of sp³-hybridized carbons (Fsp3) is 0.370. The molecule has 5 aromatic rings. The van der Waals surface area contributed by atoms with Crippen LogP contribution in [0.3, 0.4) is 0 Å². The normalized spacial score (nSPS) is 20.2. The van der Waals surface area contributed by atoms with E-state index in [1.165, 1.54) is 18.3 Å². The highest BCUT2D eigenvalue weighted by Gasteiger charge is 2.34. The van der Waals surface area contributed by atoms with Gasteiger partial charge in [-0.25, -0.2) is 22.5 Å². The van der Waals surface area contributed by atoms with Crippen molar-refractivity contribution in [3.63, 3.8) is 0 Å². The average molecular weight is 930 g/mol. The average Bonchev–Trinajstić information content (AvgIpc) is 3.95. The van der Waals surface area contributed by atoms with Gasteiger partial charge in [-0.1, -0.05) is 12.1 Å². The van der Waals surface area contributed by atoms with Crippen LogP contribution in [-0.4, -0.2) is 122 Å². The quantitative estimate of drug-likeness (QED) is 0.0743. The molecule has 0 unspecified atom stereocenters. The van der Waals surface area contributed by atoms with Crippen LogP contribution < -0.4 is 25.2 Å². The minimum absolute atomic E-state index is 0.00344. The number of aromatic nitrogens is 2. The van der Waals surface area contributed by atoms with Crippen molar-refractivity contribution in [1.82, 2.24) is 29.8 Å². The first-order valence-corrected chi connectivity index (χ1v) is 23.3. The number of imide groups is 1. The van der Waals surface area contributed by atoms with E-state index in [-0.39, 0.29) is 36.9 Å². The summed E-state index contributed by atoms with van der Waals surface area (Å²) in [6.45, 7) is 5.25. The standard InChI is InChI=1S/C46H47F4N9O6S/c47-30-13-16-59(26-30)66(64,65)55-38-8-7-36(48)41(42(38)50)43(61)35-24-52-44-34(35)21-29(23-51-44)28-1-3-31(4-2-28)57-14-11-27(12-15-57)25-56-17-19-58(20-18-56)32-5-6-33(37(49)22-32)45(62)53-39-9-10-40(60)54-46(39)63/h1-8,21-24,27,30,39,55H,9-20,25-26H2,(H,51,52)(H,53,62)(H,54,60,63)/t30-,39+/m1/s1. The Morgan fingerprint density at radius 2 is 1.52 bits per heavy atom. The number of aromatic amines is 1. The highest BCUT2D eigenvalue weighted by Crippen LogP contribution is 2.32. The fourth-order valence-corrected chi connectivity index (χ4v) is 10.4. The first-order valence-electron chi connectivity index (χ1n) is 21.9. The third kappa shape index (κ3) is 9.34. The molecule has 2 atom stereocenters. The zero-order valence-electron chi connectivity index (χ0n) is 35.7. The molecule has 4 fully saturated rings. The molecule has 0 bridgehead atoms. The topological polar surface area (TPSA) is 180 Å². The number of nitrogens with one attached hydrogen (secondary N) is 4. The van der Waals surface area contributed by atoms with Gasteiger partial charge in [-0.3, -0.25) is 34.1 Å². The van der Waals surface area contributed by atoms with Gasteiger partial charge in [-0.05, 0) is 85.7 Å². The van der Waals surface area contributed by atoms with Gasteiger partial charge in [0.05, 0.1) is 16.8 Å². The number of H-pyrrole nitrogens is 1. The van der Waals surface area contributed by atoms with Crippen molar-refractivity contribution in [2.24, 2.45) is 5.92 Å². The summed E-state index contributed by atoms with van der Waals surface area (Å²) in [4.78, 5) is 64.1. The SMILES string of the molecule is O=C1CC[C@H](NC(=O)c2ccc(N3CCN(CC4CCN(c5ccc(-c6cnc7[nH]cc(C(=O)c8c(F)ccc(NS(=O)(=O)N9CC[C@@H](F)C9)c8F)c7c6)cc5)CC4)CC3)cc2F)C(=O)N1. The zero-order valence-corrected chi connectivity index (χ0v) is 36.5. The summed E-state index contributed by atoms with van der Waals surface area (Å²) in [5, 5.41) is 5.02. The van der Waals surface area contributed by atoms with Crippen molar-refractivity contribution in [3.8, 4) is 11.1 Å². The van der Waals surface area contributed by atoms with Gasteiger partial charge in [0.1, 0.15) is 29.5 Å². The van der Waals surface area contributed by atoms with Gasteiger partial charge in [0, 0.05) is 106 Å². The Hall–Kier alpha value is -6.38. The fourth-order valence-electron chi connectivity index (χ4n) is 9.18. The van der Waals surface area contributed by atoms with E-state index in [1.54, 1.807) is 18.3 Å². The van der Waals surface area contributed by atoms with Crippen LogP contribution in [0, 0.1) is 23.4 Å². The van der Waals surface area contributed by atoms with Gasteiger partial charge in [-0.15, -0.1) is 0 Å². The molecule has 0 spiro atoms. The smallest absolute Gasteiger partial charge is 0.301 e. The molecule has 4 saturated heterocycles. The lowest BCUT2D eigenvalue weighted by Crippen LogP contribution is -2.52. The Balaban J connectivity index is 0.774. The van der Waals surface area contributed by atoms with Crippen LogP contribution in [0.5, 0.6) is 0 Å². The van der Waals surface area contributed by atoms with Crippen LogP contribution in [0.25, 0.3) is 22.2 Å². The Morgan fingerprint density at radius 1 is 0.788 bits per heavy atom. The van der Waals surface area contributed by atoms with Gasteiger partial charge >= 0.3 is 10.2 Å². The number of benzene rings is 3. The van der Waals surface area contributed by atoms with Gasteiger partial charge in [-0.2, -0.15) is 12.7 Å². The number of carbonyl (C=O) groups is 4. The van der Waals surface area contributed by atoms with E-state index in [0.29, 0.717) is 41.3 Å². The van der Waals surface area contributed by atoms with E-state index in [4.69, 9.17) is 0 Å². The monoisotopic (exact) mass is 929 g/mol. The Labute approximate surface area is 377 Å². The molecule has 66 heavy (non-hydrogen) atoms. The van der Waals surface area contributed by atoms with Crippen molar-refractivity contribution in [3.05, 3.63) is 107 Å². The molecule has 20 heteroatoms. The van der Waals surface area contributed by atoms with E-state index >= 15 is 13.2 Å². The lowest BCUT2D eigenvalue weighted by Gasteiger charge is -2.40. The predicted molar refractivity (Wildman–Crippen MR) is 239 cm³/mol. The molecule has 4 aliphatic rings. The minimum Gasteiger partial charge on any atom is -0.372 e. The van der Waals surface area contributed by atoms with Crippen molar-refractivity contribution < 1.29 is 45.2 Å². The third-order valence-electron chi connectivity index (χ3n) is 12.9. The van der Waals surface area contributed by atoms with E-state index in [2.05, 4.69) is 35.3 Å². The lowest BCUT2D eigenvalue weighted by atomic mass is 9.95. The molecule has 2 aromatic heterocycles. The number of amides is 3. The van der Waals surface area contributed by atoms with Gasteiger partial charge in [0.2, 0.25) is 17.6 Å². The Bertz CT molecular complexity index is 2810. The largest absolute Gasteiger partial charge is 0.372 e. The molecule has 4 aliphatic heterocycles. The van der Waals surface area contributed by atoms with E-state index in [0.717, 1.165) is 73.3 Å². The number of pyridine rings is 1. The summed E-state index contributed by atoms with van der Waals surface area (Å²) in [5.74, 6) is -5.45. The summed E-state index contributed by atoms with van der Waals surface area (Å²) in [6, 6.07) is 14.9. The number of piperazine rings is 1. The van der Waals surface area contributed by atoms with Crippen LogP contribution in [0.15, 0.2) is 73.1 Å². The van der Waals surface area contributed by atoms with Crippen molar-refractivity contribution in [2.75, 3.05) is 73.4 Å². The Kier molecular flexibility index (Phi) is 12.5. The molecule has 6 heterocycles. The van der Waals surface area contributed by atoms with E-state index < -0.39 is 81.2 Å². The molecule has 0 aliphatic carbocycles. The van der Waals surface area contributed by atoms with Crippen LogP contribution in [0.1, 0.15) is 58.4 Å². The summed E-state index contributed by atoms with van der Waals surface area (Å²) in [6.07, 6.45) is 3.86. The van der Waals surface area contributed by atoms with E-state index in [9.17, 15) is 32.0 Å². The van der Waals surface area contributed by atoms with Gasteiger partial charge < -0.3 is 20.1 Å². The van der Waals surface area contributed by atoms with E-state index in [1.807, 2.05) is 29.0 Å². The maximum Gasteiger partial charge on any atom is 0.301 e. The number of hydrogen-bond donors (Lipinski definition) is 4. The molecule has 0 radical (unpaired) electrons. The summed E-state index contributed by atoms with van der Waals surface area (Å²) >= 11 is 0. The number of fused-ring (bicyclic) bond motifs is 1. The molecule has 9 rings (SSSR count). The van der Waals surface area contributed by atoms with Crippen molar-refractivity contribution in [2.45, 2.75) is 44.3 Å². The molecule has 15 nitrogen and oxygen atoms in total. The second-order valence-electron chi connectivity index (χ2n) is 17.2. The zero-order chi connectivity index (χ0) is 46.3. The maximum absolute atomic E-state index is 15.8. The Morgan fingerprint density at radius 3 is 2.21 bits per heavy atom. The molecular formula is C46H47F4N9O6S.